The van der Waals surface area contributed by atoms with Crippen LogP contribution in [0.25, 0.3) is 33.4 Å². The van der Waals surface area contributed by atoms with Crippen molar-refractivity contribution in [1.82, 2.24) is 5.32 Å². The normalized spacial score (nSPS) is 10.9. The zero-order valence-corrected chi connectivity index (χ0v) is 20.6. The van der Waals surface area contributed by atoms with Crippen molar-refractivity contribution in [2.75, 3.05) is 11.9 Å². The molecule has 0 radical (unpaired) electrons. The van der Waals surface area contributed by atoms with Gasteiger partial charge in [-0.25, -0.2) is 4.79 Å². The van der Waals surface area contributed by atoms with Crippen LogP contribution in [0.3, 0.4) is 0 Å². The van der Waals surface area contributed by atoms with Gasteiger partial charge in [-0.05, 0) is 67.0 Å². The van der Waals surface area contributed by atoms with Crippen LogP contribution in [0.5, 0.6) is 5.75 Å². The molecule has 2 aliphatic rings. The van der Waals surface area contributed by atoms with Gasteiger partial charge in [0.2, 0.25) is 5.91 Å². The number of amides is 1. The third-order valence-electron chi connectivity index (χ3n) is 5.84. The number of rotatable bonds is 9. The minimum absolute atomic E-state index is 0.0207. The fraction of sp³-hybridized carbons (Fsp3) is 0.185. The SMILES string of the molecule is NC(=O)CCCCCNC(=S)Nc1ccc(-c2c3ccc(=O)cc-3oc3cc(O)ccc23)c(C(=O)O)c1. The second-order valence-corrected chi connectivity index (χ2v) is 8.95. The number of fused-ring (bicyclic) bond motifs is 2. The van der Waals surface area contributed by atoms with Crippen LogP contribution in [0, 0.1) is 0 Å². The summed E-state index contributed by atoms with van der Waals surface area (Å²) < 4.78 is 5.85. The second-order valence-electron chi connectivity index (χ2n) is 8.54. The van der Waals surface area contributed by atoms with Crippen LogP contribution in [-0.2, 0) is 4.79 Å². The maximum absolute atomic E-state index is 12.3. The largest absolute Gasteiger partial charge is 0.508 e. The highest BCUT2D eigenvalue weighted by Crippen LogP contribution is 2.42. The molecular weight excluding hydrogens is 494 g/mol. The van der Waals surface area contributed by atoms with Gasteiger partial charge in [0.15, 0.2) is 10.5 Å². The van der Waals surface area contributed by atoms with E-state index in [9.17, 15) is 24.6 Å². The summed E-state index contributed by atoms with van der Waals surface area (Å²) in [5.74, 6) is -1.21. The molecule has 10 heteroatoms. The topological polar surface area (TPSA) is 155 Å². The van der Waals surface area contributed by atoms with Crippen LogP contribution in [-0.4, -0.2) is 33.7 Å². The number of carboxylic acids is 1. The van der Waals surface area contributed by atoms with E-state index in [0.717, 1.165) is 12.8 Å². The summed E-state index contributed by atoms with van der Waals surface area (Å²) in [6.07, 6.45) is 2.69. The third-order valence-corrected chi connectivity index (χ3v) is 6.09. The molecule has 190 valence electrons. The number of aromatic hydroxyl groups is 1. The number of carbonyl (C=O) groups excluding carboxylic acids is 1. The van der Waals surface area contributed by atoms with E-state index in [2.05, 4.69) is 10.6 Å². The van der Waals surface area contributed by atoms with E-state index in [1.54, 1.807) is 24.3 Å². The summed E-state index contributed by atoms with van der Waals surface area (Å²) in [7, 11) is 0. The Labute approximate surface area is 217 Å². The number of phenolic OH excluding ortho intramolecular Hbond substituents is 1. The highest BCUT2D eigenvalue weighted by atomic mass is 32.1. The standard InChI is InChI=1S/C27H25N3O6S/c28-24(33)4-2-1-3-11-29-27(37)30-15-5-8-18(21(12-15)26(34)35)25-19-9-6-16(31)13-22(19)36-23-14-17(32)7-10-20(23)25/h5-10,12-14,31H,1-4,11H2,(H2,28,33)(H,34,35)(H2,29,30,37). The monoisotopic (exact) mass is 519 g/mol. The van der Waals surface area contributed by atoms with Gasteiger partial charge < -0.3 is 31.0 Å². The van der Waals surface area contributed by atoms with E-state index in [-0.39, 0.29) is 28.4 Å². The average Bonchev–Trinajstić information content (AvgIpc) is 2.84. The zero-order chi connectivity index (χ0) is 26.5. The van der Waals surface area contributed by atoms with Gasteiger partial charge in [-0.3, -0.25) is 9.59 Å². The zero-order valence-electron chi connectivity index (χ0n) is 19.7. The predicted molar refractivity (Wildman–Crippen MR) is 145 cm³/mol. The number of hydrogen-bond acceptors (Lipinski definition) is 6. The molecule has 6 N–H and O–H groups in total. The quantitative estimate of drug-likeness (QED) is 0.124. The molecule has 1 aliphatic heterocycles. The number of nitrogens with two attached hydrogens (primary N) is 1. The van der Waals surface area contributed by atoms with Gasteiger partial charge in [0.1, 0.15) is 17.1 Å². The van der Waals surface area contributed by atoms with E-state index in [1.807, 2.05) is 0 Å². The van der Waals surface area contributed by atoms with Crippen molar-refractivity contribution < 1.29 is 24.2 Å². The number of carboxylic acid groups (broad SMARTS) is 1. The van der Waals surface area contributed by atoms with Crippen LogP contribution >= 0.6 is 12.2 Å². The first kappa shape index (κ1) is 25.6. The number of primary amides is 1. The van der Waals surface area contributed by atoms with E-state index in [4.69, 9.17) is 22.4 Å². The highest BCUT2D eigenvalue weighted by Gasteiger charge is 2.22. The maximum Gasteiger partial charge on any atom is 0.336 e. The van der Waals surface area contributed by atoms with E-state index >= 15 is 0 Å². The fourth-order valence-corrected chi connectivity index (χ4v) is 4.36. The number of thiocarbonyl (C=S) groups is 1. The Balaban J connectivity index is 1.64. The molecule has 1 amide bonds. The minimum Gasteiger partial charge on any atom is -0.508 e. The summed E-state index contributed by atoms with van der Waals surface area (Å²) in [4.78, 5) is 35.1. The molecule has 0 atom stereocenters. The van der Waals surface area contributed by atoms with Gasteiger partial charge in [0.05, 0.1) is 5.56 Å². The lowest BCUT2D eigenvalue weighted by Gasteiger charge is -2.18. The van der Waals surface area contributed by atoms with Crippen molar-refractivity contribution in [3.63, 3.8) is 0 Å². The van der Waals surface area contributed by atoms with Gasteiger partial charge in [0.25, 0.3) is 0 Å². The Morgan fingerprint density at radius 2 is 1.76 bits per heavy atom. The Bertz CT molecular complexity index is 1530. The number of phenols is 1. The summed E-state index contributed by atoms with van der Waals surface area (Å²) in [5.41, 5.74) is 7.25. The number of nitrogens with one attached hydrogen (secondary N) is 2. The van der Waals surface area contributed by atoms with Crippen LogP contribution in [0.4, 0.5) is 5.69 Å². The molecule has 0 bridgehead atoms. The number of aromatic carboxylic acids is 1. The van der Waals surface area contributed by atoms with Gasteiger partial charge in [-0.1, -0.05) is 12.5 Å². The number of anilines is 1. The summed E-state index contributed by atoms with van der Waals surface area (Å²) in [6.45, 7) is 0.592. The molecule has 2 aromatic carbocycles. The van der Waals surface area contributed by atoms with Crippen molar-refractivity contribution in [2.45, 2.75) is 25.7 Å². The summed E-state index contributed by atoms with van der Waals surface area (Å²) >= 11 is 5.33. The van der Waals surface area contributed by atoms with Crippen molar-refractivity contribution in [2.24, 2.45) is 5.73 Å². The molecule has 1 heterocycles. The Morgan fingerprint density at radius 1 is 0.973 bits per heavy atom. The molecule has 0 fully saturated rings. The van der Waals surface area contributed by atoms with Crippen molar-refractivity contribution >= 4 is 45.9 Å². The number of carbonyl (C=O) groups is 2. The number of benzene rings is 3. The van der Waals surface area contributed by atoms with Crippen LogP contribution in [0.1, 0.15) is 36.0 Å². The minimum atomic E-state index is -1.15. The third kappa shape index (κ3) is 6.04. The first-order chi connectivity index (χ1) is 17.7. The molecular formula is C27H25N3O6S. The number of unbranched alkanes of at least 4 members (excludes halogenated alkanes) is 2. The van der Waals surface area contributed by atoms with Crippen molar-refractivity contribution in [1.29, 1.82) is 0 Å². The van der Waals surface area contributed by atoms with Gasteiger partial charge >= 0.3 is 5.97 Å². The average molecular weight is 520 g/mol. The summed E-state index contributed by atoms with van der Waals surface area (Å²) in [5, 5.41) is 27.0. The lowest BCUT2D eigenvalue weighted by molar-refractivity contribution is -0.118. The van der Waals surface area contributed by atoms with E-state index in [0.29, 0.717) is 57.8 Å². The van der Waals surface area contributed by atoms with E-state index in [1.165, 1.54) is 30.3 Å². The van der Waals surface area contributed by atoms with Crippen LogP contribution < -0.4 is 21.8 Å². The molecule has 0 spiro atoms. The lowest BCUT2D eigenvalue weighted by atomic mass is 9.90. The Kier molecular flexibility index (Phi) is 7.69. The Hall–Kier alpha value is -4.44. The molecule has 2 aromatic rings. The number of hydrogen-bond donors (Lipinski definition) is 5. The van der Waals surface area contributed by atoms with Gasteiger partial charge in [0, 0.05) is 47.3 Å². The first-order valence-electron chi connectivity index (χ1n) is 11.6. The van der Waals surface area contributed by atoms with Crippen LogP contribution in [0.15, 0.2) is 63.8 Å². The summed E-state index contributed by atoms with van der Waals surface area (Å²) in [6, 6.07) is 13.8. The molecule has 0 saturated heterocycles. The molecule has 0 saturated carbocycles. The predicted octanol–water partition coefficient (Wildman–Crippen LogP) is 4.30. The second kappa shape index (κ2) is 11.1. The molecule has 0 aromatic heterocycles. The highest BCUT2D eigenvalue weighted by molar-refractivity contribution is 7.80. The van der Waals surface area contributed by atoms with Crippen molar-refractivity contribution in [3.8, 4) is 28.2 Å². The molecule has 9 nitrogen and oxygen atoms in total. The first-order valence-corrected chi connectivity index (χ1v) is 12.0. The van der Waals surface area contributed by atoms with Gasteiger partial charge in [-0.15, -0.1) is 0 Å². The van der Waals surface area contributed by atoms with Crippen molar-refractivity contribution in [3.05, 3.63) is 70.4 Å². The maximum atomic E-state index is 12.3. The Morgan fingerprint density at radius 3 is 2.51 bits per heavy atom. The fourth-order valence-electron chi connectivity index (χ4n) is 4.14. The lowest BCUT2D eigenvalue weighted by Crippen LogP contribution is -2.29. The molecule has 1 aliphatic carbocycles. The van der Waals surface area contributed by atoms with Gasteiger partial charge in [-0.2, -0.15) is 0 Å². The van der Waals surface area contributed by atoms with Crippen LogP contribution in [0.2, 0.25) is 0 Å². The molecule has 0 unspecified atom stereocenters. The van der Waals surface area contributed by atoms with E-state index < -0.39 is 5.97 Å². The smallest absolute Gasteiger partial charge is 0.336 e. The molecule has 37 heavy (non-hydrogen) atoms. The molecule has 4 rings (SSSR count).